The van der Waals surface area contributed by atoms with Crippen molar-refractivity contribution >= 4 is 34.5 Å². The van der Waals surface area contributed by atoms with Crippen LogP contribution in [-0.2, 0) is 18.3 Å². The van der Waals surface area contributed by atoms with E-state index >= 15 is 0 Å². The Labute approximate surface area is 189 Å². The molecule has 0 saturated carbocycles. The molecular weight excluding hydrogens is 420 g/mol. The summed E-state index contributed by atoms with van der Waals surface area (Å²) in [6, 6.07) is 12.7. The first-order chi connectivity index (χ1) is 16.0. The zero-order valence-electron chi connectivity index (χ0n) is 18.2. The number of esters is 1. The van der Waals surface area contributed by atoms with E-state index in [1.807, 2.05) is 38.2 Å². The van der Waals surface area contributed by atoms with Crippen LogP contribution in [-0.4, -0.2) is 31.6 Å². The Bertz CT molecular complexity index is 1380. The summed E-state index contributed by atoms with van der Waals surface area (Å²) >= 11 is 0. The molecule has 33 heavy (non-hydrogen) atoms. The van der Waals surface area contributed by atoms with Gasteiger partial charge in [0.2, 0.25) is 0 Å². The molecule has 2 aromatic heterocycles. The van der Waals surface area contributed by atoms with Crippen LogP contribution in [0.1, 0.15) is 40.9 Å². The van der Waals surface area contributed by atoms with Crippen molar-refractivity contribution in [3.05, 3.63) is 71.5 Å². The first kappa shape index (κ1) is 20.6. The van der Waals surface area contributed by atoms with Crippen molar-refractivity contribution in [1.82, 2.24) is 19.7 Å². The summed E-state index contributed by atoms with van der Waals surface area (Å²) in [6.07, 6.45) is 4.25. The number of benzene rings is 2. The zero-order chi connectivity index (χ0) is 22.9. The van der Waals surface area contributed by atoms with E-state index in [1.54, 1.807) is 35.3 Å². The van der Waals surface area contributed by atoms with Gasteiger partial charge >= 0.3 is 5.97 Å². The molecule has 0 radical (unpaired) electrons. The summed E-state index contributed by atoms with van der Waals surface area (Å²) in [5, 5.41) is 10.5. The van der Waals surface area contributed by atoms with Gasteiger partial charge in [-0.25, -0.2) is 14.6 Å². The van der Waals surface area contributed by atoms with Gasteiger partial charge in [-0.2, -0.15) is 5.10 Å². The number of hydrogen-bond donors (Lipinski definition) is 2. The molecule has 1 aliphatic heterocycles. The van der Waals surface area contributed by atoms with Gasteiger partial charge < -0.3 is 15.4 Å². The summed E-state index contributed by atoms with van der Waals surface area (Å²) in [6.45, 7) is 2.01. The van der Waals surface area contributed by atoms with Crippen molar-refractivity contribution in [2.45, 2.75) is 25.8 Å². The number of anilines is 2. The van der Waals surface area contributed by atoms with Crippen LogP contribution >= 0.6 is 0 Å². The number of nitrogens with one attached hydrogen (secondary N) is 2. The van der Waals surface area contributed by atoms with Gasteiger partial charge in [0.05, 0.1) is 24.9 Å². The molecule has 2 aromatic carbocycles. The number of hydrogen-bond acceptors (Lipinski definition) is 7. The van der Waals surface area contributed by atoms with E-state index in [4.69, 9.17) is 4.74 Å². The predicted octanol–water partition coefficient (Wildman–Crippen LogP) is 3.64. The lowest BCUT2D eigenvalue weighted by Gasteiger charge is -2.17. The van der Waals surface area contributed by atoms with Crippen LogP contribution in [0.3, 0.4) is 0 Å². The van der Waals surface area contributed by atoms with Gasteiger partial charge in [-0.15, -0.1) is 0 Å². The van der Waals surface area contributed by atoms with Gasteiger partial charge in [0.15, 0.2) is 5.65 Å². The van der Waals surface area contributed by atoms with E-state index in [0.717, 1.165) is 16.6 Å². The van der Waals surface area contributed by atoms with Crippen LogP contribution < -0.4 is 15.4 Å². The number of fused-ring (bicyclic) bond motifs is 2. The Kier molecular flexibility index (Phi) is 5.21. The lowest BCUT2D eigenvalue weighted by molar-refractivity contribution is -0.135. The summed E-state index contributed by atoms with van der Waals surface area (Å²) in [7, 11) is 1.82. The molecule has 1 aliphatic rings. The number of amides is 1. The third kappa shape index (κ3) is 4.25. The second kappa shape index (κ2) is 8.34. The fourth-order valence-electron chi connectivity index (χ4n) is 3.80. The van der Waals surface area contributed by atoms with E-state index < -0.39 is 0 Å². The molecule has 0 bridgehead atoms. The SMILES string of the molecule is C[C@H](Nc1cnc2cnn(C)c2n1)c1cccc(NC(=O)c2ccc3c(c2)CCC(=O)O3)c1. The average molecular weight is 442 g/mol. The van der Waals surface area contributed by atoms with Crippen LogP contribution in [0.4, 0.5) is 11.5 Å². The van der Waals surface area contributed by atoms with Crippen LogP contribution in [0.25, 0.3) is 11.2 Å². The van der Waals surface area contributed by atoms with Crippen molar-refractivity contribution in [3.63, 3.8) is 0 Å². The first-order valence-corrected chi connectivity index (χ1v) is 10.6. The third-order valence-corrected chi connectivity index (χ3v) is 5.59. The number of nitrogens with zero attached hydrogens (tertiary/aromatic N) is 4. The van der Waals surface area contributed by atoms with E-state index in [0.29, 0.717) is 41.3 Å². The summed E-state index contributed by atoms with van der Waals surface area (Å²) in [5.74, 6) is 0.699. The Morgan fingerprint density at radius 1 is 1.15 bits per heavy atom. The number of rotatable bonds is 5. The molecule has 1 amide bonds. The normalized spacial score (nSPS) is 13.8. The second-order valence-electron chi connectivity index (χ2n) is 7.97. The zero-order valence-corrected chi connectivity index (χ0v) is 18.2. The quantitative estimate of drug-likeness (QED) is 0.359. The summed E-state index contributed by atoms with van der Waals surface area (Å²) < 4.78 is 6.89. The van der Waals surface area contributed by atoms with Crippen molar-refractivity contribution in [1.29, 1.82) is 0 Å². The molecule has 1 atom stereocenters. The highest BCUT2D eigenvalue weighted by molar-refractivity contribution is 6.04. The van der Waals surface area contributed by atoms with Gasteiger partial charge in [0.1, 0.15) is 17.1 Å². The fraction of sp³-hybridized carbons (Fsp3) is 0.208. The average Bonchev–Trinajstić information content (AvgIpc) is 3.19. The van der Waals surface area contributed by atoms with Crippen LogP contribution in [0.2, 0.25) is 0 Å². The van der Waals surface area contributed by atoms with Gasteiger partial charge in [-0.3, -0.25) is 9.59 Å². The van der Waals surface area contributed by atoms with E-state index in [9.17, 15) is 9.59 Å². The Balaban J connectivity index is 1.29. The van der Waals surface area contributed by atoms with Crippen molar-refractivity contribution < 1.29 is 14.3 Å². The molecular formula is C24H22N6O3. The lowest BCUT2D eigenvalue weighted by Crippen LogP contribution is -2.18. The molecule has 9 heteroatoms. The fourth-order valence-corrected chi connectivity index (χ4v) is 3.80. The van der Waals surface area contributed by atoms with Crippen LogP contribution in [0.5, 0.6) is 5.75 Å². The molecule has 0 spiro atoms. The molecule has 4 aromatic rings. The maximum absolute atomic E-state index is 12.8. The number of ether oxygens (including phenoxy) is 1. The van der Waals surface area contributed by atoms with Crippen molar-refractivity contribution in [3.8, 4) is 5.75 Å². The minimum atomic E-state index is -0.245. The van der Waals surface area contributed by atoms with Gasteiger partial charge in [-0.05, 0) is 54.8 Å². The van der Waals surface area contributed by atoms with Crippen molar-refractivity contribution in [2.75, 3.05) is 10.6 Å². The molecule has 0 saturated heterocycles. The third-order valence-electron chi connectivity index (χ3n) is 5.59. The molecule has 166 valence electrons. The summed E-state index contributed by atoms with van der Waals surface area (Å²) in [4.78, 5) is 33.2. The standard InChI is InChI=1S/C24H22N6O3/c1-14(27-21-13-25-19-12-26-30(2)23(19)29-21)15-4-3-5-18(11-15)28-24(32)17-6-8-20-16(10-17)7-9-22(31)33-20/h3-6,8,10-14H,7,9H2,1-2H3,(H,27,29)(H,28,32)/t14-/m0/s1. The Hall–Kier alpha value is -4.27. The van der Waals surface area contributed by atoms with Gasteiger partial charge in [0, 0.05) is 18.3 Å². The Morgan fingerprint density at radius 2 is 2.03 bits per heavy atom. The molecule has 9 nitrogen and oxygen atoms in total. The van der Waals surface area contributed by atoms with E-state index in [1.165, 1.54) is 0 Å². The number of carbonyl (C=O) groups excluding carboxylic acids is 2. The van der Waals surface area contributed by atoms with E-state index in [-0.39, 0.29) is 17.9 Å². The molecule has 0 unspecified atom stereocenters. The highest BCUT2D eigenvalue weighted by Gasteiger charge is 2.19. The topological polar surface area (TPSA) is 111 Å². The maximum atomic E-state index is 12.8. The van der Waals surface area contributed by atoms with Gasteiger partial charge in [0.25, 0.3) is 5.91 Å². The smallest absolute Gasteiger partial charge is 0.311 e. The van der Waals surface area contributed by atoms with Crippen molar-refractivity contribution in [2.24, 2.45) is 7.05 Å². The molecule has 3 heterocycles. The molecule has 0 fully saturated rings. The number of aryl methyl sites for hydroxylation is 2. The summed E-state index contributed by atoms with van der Waals surface area (Å²) in [5.41, 5.74) is 4.48. The lowest BCUT2D eigenvalue weighted by atomic mass is 10.0. The van der Waals surface area contributed by atoms with Crippen LogP contribution in [0, 0.1) is 0 Å². The highest BCUT2D eigenvalue weighted by Crippen LogP contribution is 2.27. The van der Waals surface area contributed by atoms with Crippen LogP contribution in [0.15, 0.2) is 54.9 Å². The highest BCUT2D eigenvalue weighted by atomic mass is 16.5. The minimum absolute atomic E-state index is 0.0692. The molecule has 5 rings (SSSR count). The largest absolute Gasteiger partial charge is 0.426 e. The second-order valence-corrected chi connectivity index (χ2v) is 7.97. The Morgan fingerprint density at radius 3 is 2.91 bits per heavy atom. The monoisotopic (exact) mass is 442 g/mol. The molecule has 2 N–H and O–H groups in total. The van der Waals surface area contributed by atoms with E-state index in [2.05, 4.69) is 25.7 Å². The minimum Gasteiger partial charge on any atom is -0.426 e. The maximum Gasteiger partial charge on any atom is 0.311 e. The van der Waals surface area contributed by atoms with Gasteiger partial charge in [-0.1, -0.05) is 12.1 Å². The first-order valence-electron chi connectivity index (χ1n) is 10.6. The number of carbonyl (C=O) groups is 2. The predicted molar refractivity (Wildman–Crippen MR) is 123 cm³/mol. The molecule has 0 aliphatic carbocycles. The number of aromatic nitrogens is 4.